The normalized spacial score (nSPS) is 10.9. The van der Waals surface area contributed by atoms with Crippen molar-refractivity contribution in [3.63, 3.8) is 0 Å². The number of nitrogens with one attached hydrogen (secondary N) is 2. The lowest BCUT2D eigenvalue weighted by Crippen LogP contribution is -1.99. The number of rotatable bonds is 3. The highest BCUT2D eigenvalue weighted by molar-refractivity contribution is 5.75. The first-order valence-electron chi connectivity index (χ1n) is 5.13. The largest absolute Gasteiger partial charge is 0.484 e. The molecule has 8 heteroatoms. The van der Waals surface area contributed by atoms with E-state index in [9.17, 15) is 4.79 Å². The monoisotopic (exact) mass is 247 g/mol. The summed E-state index contributed by atoms with van der Waals surface area (Å²) >= 11 is 0. The minimum Gasteiger partial charge on any atom is -0.484 e. The van der Waals surface area contributed by atoms with Crippen molar-refractivity contribution in [2.75, 3.05) is 5.73 Å². The van der Waals surface area contributed by atoms with E-state index >= 15 is 0 Å². The van der Waals surface area contributed by atoms with Gasteiger partial charge in [-0.15, -0.1) is 5.10 Å². The van der Waals surface area contributed by atoms with Crippen molar-refractivity contribution in [1.82, 2.24) is 20.2 Å². The minimum atomic E-state index is -0.258. The van der Waals surface area contributed by atoms with Crippen LogP contribution >= 0.6 is 0 Å². The van der Waals surface area contributed by atoms with Crippen molar-refractivity contribution < 1.29 is 9.15 Å². The predicted molar refractivity (Wildman–Crippen MR) is 62.0 cm³/mol. The van der Waals surface area contributed by atoms with Crippen LogP contribution in [0.15, 0.2) is 27.4 Å². The molecule has 0 radical (unpaired) electrons. The second kappa shape index (κ2) is 3.91. The SMILES string of the molecule is Nc1nnc(COc2ccc3[nH]c(=O)[nH]c3c2)o1. The van der Waals surface area contributed by atoms with Crippen LogP contribution in [0.4, 0.5) is 6.01 Å². The van der Waals surface area contributed by atoms with Crippen LogP contribution in [-0.4, -0.2) is 20.2 Å². The van der Waals surface area contributed by atoms with E-state index in [1.807, 2.05) is 0 Å². The van der Waals surface area contributed by atoms with E-state index in [0.717, 1.165) is 5.52 Å². The van der Waals surface area contributed by atoms with E-state index in [2.05, 4.69) is 20.2 Å². The van der Waals surface area contributed by atoms with Gasteiger partial charge in [0.2, 0.25) is 0 Å². The van der Waals surface area contributed by atoms with Gasteiger partial charge in [0.25, 0.3) is 5.89 Å². The summed E-state index contributed by atoms with van der Waals surface area (Å²) in [5, 5.41) is 7.18. The highest BCUT2D eigenvalue weighted by Crippen LogP contribution is 2.17. The van der Waals surface area contributed by atoms with Gasteiger partial charge in [0.15, 0.2) is 6.61 Å². The molecule has 0 amide bonds. The molecule has 0 unspecified atom stereocenters. The van der Waals surface area contributed by atoms with Crippen molar-refractivity contribution >= 4 is 17.0 Å². The Balaban J connectivity index is 1.80. The lowest BCUT2D eigenvalue weighted by Gasteiger charge is -2.02. The highest BCUT2D eigenvalue weighted by Gasteiger charge is 2.05. The van der Waals surface area contributed by atoms with Crippen LogP contribution in [0.1, 0.15) is 5.89 Å². The summed E-state index contributed by atoms with van der Waals surface area (Å²) in [6.07, 6.45) is 0. The third-order valence-electron chi connectivity index (χ3n) is 2.33. The summed E-state index contributed by atoms with van der Waals surface area (Å²) in [6.45, 7) is 0.115. The number of imidazole rings is 1. The fourth-order valence-corrected chi connectivity index (χ4v) is 1.57. The van der Waals surface area contributed by atoms with Gasteiger partial charge in [-0.05, 0) is 12.1 Å². The molecule has 0 aliphatic heterocycles. The fourth-order valence-electron chi connectivity index (χ4n) is 1.57. The number of ether oxygens (including phenoxy) is 1. The Morgan fingerprint density at radius 2 is 2.11 bits per heavy atom. The van der Waals surface area contributed by atoms with Crippen LogP contribution in [0, 0.1) is 0 Å². The fraction of sp³-hybridized carbons (Fsp3) is 0.100. The summed E-state index contributed by atoms with van der Waals surface area (Å²) in [5.41, 5.74) is 6.41. The zero-order valence-corrected chi connectivity index (χ0v) is 9.14. The van der Waals surface area contributed by atoms with E-state index in [4.69, 9.17) is 14.9 Å². The molecule has 3 aromatic rings. The Kier molecular flexibility index (Phi) is 2.26. The molecule has 0 spiro atoms. The summed E-state index contributed by atoms with van der Waals surface area (Å²) in [5.74, 6) is 0.865. The number of anilines is 1. The van der Waals surface area contributed by atoms with Gasteiger partial charge in [-0.3, -0.25) is 0 Å². The molecule has 2 heterocycles. The second-order valence-corrected chi connectivity index (χ2v) is 3.61. The molecule has 0 atom stereocenters. The summed E-state index contributed by atoms with van der Waals surface area (Å²) in [7, 11) is 0. The maximum Gasteiger partial charge on any atom is 0.323 e. The number of hydrogen-bond acceptors (Lipinski definition) is 6. The Hall–Kier alpha value is -2.77. The number of H-pyrrole nitrogens is 2. The van der Waals surface area contributed by atoms with Crippen LogP contribution in [0.2, 0.25) is 0 Å². The molecule has 8 nitrogen and oxygen atoms in total. The topological polar surface area (TPSA) is 123 Å². The van der Waals surface area contributed by atoms with Gasteiger partial charge in [-0.2, -0.15) is 0 Å². The van der Waals surface area contributed by atoms with E-state index in [-0.39, 0.29) is 24.2 Å². The van der Waals surface area contributed by atoms with Gasteiger partial charge in [-0.25, -0.2) is 4.79 Å². The van der Waals surface area contributed by atoms with Crippen molar-refractivity contribution in [2.24, 2.45) is 0 Å². The predicted octanol–water partition coefficient (Wildman–Crippen LogP) is 0.400. The summed E-state index contributed by atoms with van der Waals surface area (Å²) in [6, 6.07) is 5.17. The standard InChI is InChI=1S/C10H9N5O3/c11-9-15-14-8(18-9)4-17-5-1-2-6-7(3-5)13-10(16)12-6/h1-3H,4H2,(H2,11,15)(H2,12,13,16). The minimum absolute atomic E-state index is 0.000910. The molecule has 0 bridgehead atoms. The van der Waals surface area contributed by atoms with E-state index in [0.29, 0.717) is 11.3 Å². The van der Waals surface area contributed by atoms with Crippen molar-refractivity contribution in [1.29, 1.82) is 0 Å². The van der Waals surface area contributed by atoms with Crippen molar-refractivity contribution in [3.05, 3.63) is 34.6 Å². The number of hydrogen-bond donors (Lipinski definition) is 3. The molecule has 92 valence electrons. The van der Waals surface area contributed by atoms with Crippen LogP contribution < -0.4 is 16.2 Å². The van der Waals surface area contributed by atoms with Gasteiger partial charge in [-0.1, -0.05) is 5.10 Å². The van der Waals surface area contributed by atoms with Crippen LogP contribution in [0.25, 0.3) is 11.0 Å². The smallest absolute Gasteiger partial charge is 0.323 e. The molecule has 0 aliphatic carbocycles. The van der Waals surface area contributed by atoms with Crippen molar-refractivity contribution in [2.45, 2.75) is 6.61 Å². The number of fused-ring (bicyclic) bond motifs is 1. The second-order valence-electron chi connectivity index (χ2n) is 3.61. The Bertz CT molecular complexity index is 741. The number of nitrogens with two attached hydrogens (primary N) is 1. The summed E-state index contributed by atoms with van der Waals surface area (Å²) < 4.78 is 10.4. The number of benzene rings is 1. The molecule has 0 aliphatic rings. The molecule has 4 N–H and O–H groups in total. The first-order valence-corrected chi connectivity index (χ1v) is 5.13. The zero-order chi connectivity index (χ0) is 12.5. The highest BCUT2D eigenvalue weighted by atomic mass is 16.5. The van der Waals surface area contributed by atoms with Gasteiger partial charge in [0.05, 0.1) is 11.0 Å². The van der Waals surface area contributed by atoms with Crippen LogP contribution in [0.5, 0.6) is 5.75 Å². The molecule has 3 rings (SSSR count). The third kappa shape index (κ3) is 1.90. The number of nitrogen functional groups attached to an aromatic ring is 1. The summed E-state index contributed by atoms with van der Waals surface area (Å²) in [4.78, 5) is 16.4. The average Bonchev–Trinajstić information content (AvgIpc) is 2.90. The molecule has 0 saturated heterocycles. The molecular formula is C10H9N5O3. The number of nitrogens with zero attached hydrogens (tertiary/aromatic N) is 2. The third-order valence-corrected chi connectivity index (χ3v) is 2.33. The number of aromatic nitrogens is 4. The maximum absolute atomic E-state index is 11.1. The van der Waals surface area contributed by atoms with Gasteiger partial charge >= 0.3 is 11.7 Å². The van der Waals surface area contributed by atoms with Crippen LogP contribution in [-0.2, 0) is 6.61 Å². The van der Waals surface area contributed by atoms with Gasteiger partial charge in [0, 0.05) is 6.07 Å². The van der Waals surface area contributed by atoms with E-state index in [1.54, 1.807) is 18.2 Å². The van der Waals surface area contributed by atoms with Gasteiger partial charge < -0.3 is 24.9 Å². The Morgan fingerprint density at radius 1 is 1.28 bits per heavy atom. The first kappa shape index (κ1) is 10.4. The van der Waals surface area contributed by atoms with E-state index in [1.165, 1.54) is 0 Å². The van der Waals surface area contributed by atoms with E-state index < -0.39 is 0 Å². The average molecular weight is 247 g/mol. The molecule has 2 aromatic heterocycles. The maximum atomic E-state index is 11.1. The Morgan fingerprint density at radius 3 is 2.89 bits per heavy atom. The molecule has 0 saturated carbocycles. The Labute approximate surface area is 99.8 Å². The molecule has 0 fully saturated rings. The quantitative estimate of drug-likeness (QED) is 0.615. The zero-order valence-electron chi connectivity index (χ0n) is 9.14. The van der Waals surface area contributed by atoms with Crippen LogP contribution in [0.3, 0.4) is 0 Å². The molecular weight excluding hydrogens is 238 g/mol. The lowest BCUT2D eigenvalue weighted by molar-refractivity contribution is 0.265. The molecule has 1 aromatic carbocycles. The van der Waals surface area contributed by atoms with Gasteiger partial charge in [0.1, 0.15) is 5.75 Å². The lowest BCUT2D eigenvalue weighted by atomic mass is 10.3. The number of aromatic amines is 2. The van der Waals surface area contributed by atoms with Crippen molar-refractivity contribution in [3.8, 4) is 5.75 Å². The first-order chi connectivity index (χ1) is 8.70. The molecule has 18 heavy (non-hydrogen) atoms.